The maximum Gasteiger partial charge on any atom is 0.472 e. The molecule has 0 radical (unpaired) electrons. The molecular weight excluding hydrogens is 1010 g/mol. The summed E-state index contributed by atoms with van der Waals surface area (Å²) in [4.78, 5) is 35.9. The lowest BCUT2D eigenvalue weighted by Crippen LogP contribution is -2.37. The Morgan fingerprint density at radius 1 is 0.338 bits per heavy atom. The Kier molecular flexibility index (Phi) is 61.8. The van der Waals surface area contributed by atoms with Gasteiger partial charge in [0, 0.05) is 12.8 Å². The lowest BCUT2D eigenvalue weighted by Gasteiger charge is -2.24. The maximum atomic E-state index is 12.9. The van der Waals surface area contributed by atoms with Crippen molar-refractivity contribution in [1.29, 1.82) is 0 Å². The smallest absolute Gasteiger partial charge is 0.462 e. The van der Waals surface area contributed by atoms with Crippen LogP contribution in [0.5, 0.6) is 0 Å². The summed E-state index contributed by atoms with van der Waals surface area (Å²) >= 11 is 0. The van der Waals surface area contributed by atoms with Crippen LogP contribution >= 0.6 is 7.82 Å². The zero-order chi connectivity index (χ0) is 58.4. The Bertz CT molecular complexity index is 1310. The van der Waals surface area contributed by atoms with Crippen LogP contribution in [0.25, 0.3) is 0 Å². The molecule has 0 aliphatic heterocycles. The quantitative estimate of drug-likeness (QED) is 0.0278. The lowest BCUT2D eigenvalue weighted by atomic mass is 10.0. The fourth-order valence-corrected chi connectivity index (χ4v) is 11.9. The highest BCUT2D eigenvalue weighted by Gasteiger charge is 2.27. The molecule has 0 aliphatic rings. The monoisotopic (exact) mass is 1160 g/mol. The van der Waals surface area contributed by atoms with Crippen molar-refractivity contribution in [3.63, 3.8) is 0 Å². The highest BCUT2D eigenvalue weighted by atomic mass is 31.2. The summed E-state index contributed by atoms with van der Waals surface area (Å²) in [6.45, 7) is 4.53. The molecule has 0 aromatic rings. The first kappa shape index (κ1) is 79.0. The zero-order valence-corrected chi connectivity index (χ0v) is 55.5. The fourth-order valence-electron chi connectivity index (χ4n) is 11.1. The first-order chi connectivity index (χ1) is 39.0. The minimum atomic E-state index is -4.38. The average Bonchev–Trinajstić information content (AvgIpc) is 3.42. The van der Waals surface area contributed by atoms with Crippen LogP contribution in [-0.4, -0.2) is 74.9 Å². The number of carbonyl (C=O) groups excluding carboxylic acids is 2. The number of rotatable bonds is 68. The minimum absolute atomic E-state index is 0.0377. The van der Waals surface area contributed by atoms with Crippen molar-refractivity contribution in [2.75, 3.05) is 47.5 Å². The van der Waals surface area contributed by atoms with E-state index in [0.717, 1.165) is 38.5 Å². The van der Waals surface area contributed by atoms with E-state index in [2.05, 4.69) is 13.8 Å². The van der Waals surface area contributed by atoms with Gasteiger partial charge in [-0.1, -0.05) is 361 Å². The van der Waals surface area contributed by atoms with E-state index in [-0.39, 0.29) is 25.6 Å². The van der Waals surface area contributed by atoms with Crippen LogP contribution < -0.4 is 0 Å². The molecule has 2 unspecified atom stereocenters. The van der Waals surface area contributed by atoms with E-state index in [1.165, 1.54) is 321 Å². The van der Waals surface area contributed by atoms with Gasteiger partial charge < -0.3 is 18.9 Å². The number of nitrogens with zero attached hydrogens (tertiary/aromatic N) is 1. The fraction of sp³-hybridized carbons (Fsp3) is 0.971. The molecule has 0 heterocycles. The molecule has 0 fully saturated rings. The van der Waals surface area contributed by atoms with Crippen molar-refractivity contribution in [2.45, 2.75) is 392 Å². The van der Waals surface area contributed by atoms with Crippen LogP contribution in [0, 0.1) is 0 Å². The Hall–Kier alpha value is -0.990. The van der Waals surface area contributed by atoms with E-state index >= 15 is 0 Å². The van der Waals surface area contributed by atoms with Gasteiger partial charge in [0.15, 0.2) is 6.10 Å². The van der Waals surface area contributed by atoms with Gasteiger partial charge in [0.05, 0.1) is 27.7 Å². The SMILES string of the molecule is CCCCCCCCCCCCCCCCCCCCCCCCCCCCCCCCCC(=O)OC(COC(=O)CCCCCCCCCCCCCCCCCCCCCCCCCCC)COP(=O)(O)OCC[N+](C)(C)C. The second-order valence-corrected chi connectivity index (χ2v) is 27.5. The third-order valence-corrected chi connectivity index (χ3v) is 17.6. The second kappa shape index (κ2) is 62.5. The Balaban J connectivity index is 3.96. The minimum Gasteiger partial charge on any atom is -0.462 e. The van der Waals surface area contributed by atoms with Crippen molar-refractivity contribution in [1.82, 2.24) is 0 Å². The maximum absolute atomic E-state index is 12.9. The number of unbranched alkanes of at least 4 members (excludes halogenated alkanes) is 54. The highest BCUT2D eigenvalue weighted by molar-refractivity contribution is 7.47. The number of quaternary nitrogens is 1. The topological polar surface area (TPSA) is 108 Å². The standard InChI is InChI=1S/C70H140NO8P/c1-6-8-10-12-14-16-18-20-22-24-26-28-30-32-33-34-35-36-37-39-41-43-45-47-49-51-53-55-57-59-61-63-70(73)79-68(67-78-80(74,75)77-65-64-71(3,4)5)66-76-69(72)62-60-58-56-54-52-50-48-46-44-42-40-38-31-29-27-25-23-21-19-17-15-13-11-9-7-2/h68H,6-67H2,1-5H3/p+1. The third-order valence-electron chi connectivity index (χ3n) is 16.6. The van der Waals surface area contributed by atoms with Crippen molar-refractivity contribution >= 4 is 19.8 Å². The first-order valence-corrected chi connectivity index (χ1v) is 37.3. The lowest BCUT2D eigenvalue weighted by molar-refractivity contribution is -0.870. The molecule has 1 N–H and O–H groups in total. The predicted octanol–water partition coefficient (Wildman–Crippen LogP) is 22.9. The number of esters is 2. The van der Waals surface area contributed by atoms with Crippen LogP contribution in [-0.2, 0) is 32.7 Å². The molecule has 0 saturated heterocycles. The molecule has 0 rings (SSSR count). The molecule has 0 amide bonds. The number of hydrogen-bond donors (Lipinski definition) is 1. The van der Waals surface area contributed by atoms with E-state index in [1.54, 1.807) is 0 Å². The van der Waals surface area contributed by atoms with Gasteiger partial charge in [0.1, 0.15) is 19.8 Å². The van der Waals surface area contributed by atoms with Crippen LogP contribution in [0.15, 0.2) is 0 Å². The molecule has 478 valence electrons. The summed E-state index contributed by atoms with van der Waals surface area (Å²) in [5.74, 6) is -0.767. The summed E-state index contributed by atoms with van der Waals surface area (Å²) < 4.78 is 34.8. The van der Waals surface area contributed by atoms with E-state index in [4.69, 9.17) is 18.5 Å². The van der Waals surface area contributed by atoms with Gasteiger partial charge in [0.2, 0.25) is 0 Å². The van der Waals surface area contributed by atoms with Gasteiger partial charge >= 0.3 is 19.8 Å². The molecule has 0 aromatic carbocycles. The summed E-state index contributed by atoms with van der Waals surface area (Å²) in [5.41, 5.74) is 0. The van der Waals surface area contributed by atoms with E-state index in [0.29, 0.717) is 17.4 Å². The summed E-state index contributed by atoms with van der Waals surface area (Å²) in [6, 6.07) is 0. The van der Waals surface area contributed by atoms with E-state index in [9.17, 15) is 19.0 Å². The largest absolute Gasteiger partial charge is 0.472 e. The van der Waals surface area contributed by atoms with Crippen molar-refractivity contribution in [3.05, 3.63) is 0 Å². The van der Waals surface area contributed by atoms with Gasteiger partial charge in [-0.3, -0.25) is 18.6 Å². The normalized spacial score (nSPS) is 13.0. The van der Waals surface area contributed by atoms with Gasteiger partial charge in [-0.25, -0.2) is 4.57 Å². The van der Waals surface area contributed by atoms with Crippen LogP contribution in [0.2, 0.25) is 0 Å². The highest BCUT2D eigenvalue weighted by Crippen LogP contribution is 2.43. The number of phosphoric ester groups is 1. The molecule has 0 saturated carbocycles. The summed E-state index contributed by atoms with van der Waals surface area (Å²) in [5, 5.41) is 0. The van der Waals surface area contributed by atoms with E-state index in [1.807, 2.05) is 21.1 Å². The summed E-state index contributed by atoms with van der Waals surface area (Å²) in [6.07, 6.45) is 75.1. The number of ether oxygens (including phenoxy) is 2. The van der Waals surface area contributed by atoms with Crippen molar-refractivity contribution < 1.29 is 42.1 Å². The molecule has 2 atom stereocenters. The molecule has 0 bridgehead atoms. The van der Waals surface area contributed by atoms with Crippen molar-refractivity contribution in [3.8, 4) is 0 Å². The van der Waals surface area contributed by atoms with Gasteiger partial charge in [-0.05, 0) is 12.8 Å². The number of likely N-dealkylation sites (N-methyl/N-ethyl adjacent to an activating group) is 1. The van der Waals surface area contributed by atoms with Gasteiger partial charge in [-0.2, -0.15) is 0 Å². The van der Waals surface area contributed by atoms with Crippen LogP contribution in [0.4, 0.5) is 0 Å². The Morgan fingerprint density at radius 3 is 0.800 bits per heavy atom. The van der Waals surface area contributed by atoms with Crippen LogP contribution in [0.3, 0.4) is 0 Å². The van der Waals surface area contributed by atoms with Crippen molar-refractivity contribution in [2.24, 2.45) is 0 Å². The Labute approximate surface area is 499 Å². The molecule has 10 heteroatoms. The average molecular weight is 1160 g/mol. The second-order valence-electron chi connectivity index (χ2n) is 26.0. The predicted molar refractivity (Wildman–Crippen MR) is 345 cm³/mol. The van der Waals surface area contributed by atoms with E-state index < -0.39 is 26.5 Å². The zero-order valence-electron chi connectivity index (χ0n) is 54.6. The molecular formula is C70H141NO8P+. The number of carbonyl (C=O) groups is 2. The number of hydrogen-bond acceptors (Lipinski definition) is 7. The first-order valence-electron chi connectivity index (χ1n) is 35.8. The summed E-state index contributed by atoms with van der Waals surface area (Å²) in [7, 11) is 1.51. The number of phosphoric acid groups is 1. The van der Waals surface area contributed by atoms with Gasteiger partial charge in [-0.15, -0.1) is 0 Å². The molecule has 0 aromatic heterocycles. The molecule has 9 nitrogen and oxygen atoms in total. The Morgan fingerprint density at radius 2 is 0.562 bits per heavy atom. The van der Waals surface area contributed by atoms with Crippen LogP contribution in [0.1, 0.15) is 386 Å². The molecule has 0 aliphatic carbocycles. The molecule has 0 spiro atoms. The molecule has 80 heavy (non-hydrogen) atoms. The third kappa shape index (κ3) is 66.2. The van der Waals surface area contributed by atoms with Gasteiger partial charge in [0.25, 0.3) is 0 Å².